The second-order valence-corrected chi connectivity index (χ2v) is 2.29. The molecule has 0 aliphatic rings. The summed E-state index contributed by atoms with van der Waals surface area (Å²) in [6.07, 6.45) is 2.85. The van der Waals surface area contributed by atoms with Crippen molar-refractivity contribution in [2.24, 2.45) is 5.73 Å². The molecule has 1 unspecified atom stereocenters. The van der Waals surface area contributed by atoms with Gasteiger partial charge in [0.2, 0.25) is 0 Å². The SMILES string of the molecule is CNC/C=C(\C)C(N)NC=N. The van der Waals surface area contributed by atoms with Crippen molar-refractivity contribution in [3.63, 3.8) is 0 Å². The van der Waals surface area contributed by atoms with Crippen LogP contribution in [0, 0.1) is 5.41 Å². The van der Waals surface area contributed by atoms with Gasteiger partial charge in [-0.25, -0.2) is 0 Å². The van der Waals surface area contributed by atoms with Crippen LogP contribution in [-0.2, 0) is 0 Å². The highest BCUT2D eigenvalue weighted by molar-refractivity contribution is 5.51. The first-order chi connectivity index (χ1) is 5.22. The van der Waals surface area contributed by atoms with Gasteiger partial charge in [0.25, 0.3) is 0 Å². The molecule has 4 nitrogen and oxygen atoms in total. The van der Waals surface area contributed by atoms with Gasteiger partial charge >= 0.3 is 0 Å². The smallest absolute Gasteiger partial charge is 0.0970 e. The Labute approximate surface area is 67.4 Å². The van der Waals surface area contributed by atoms with Crippen molar-refractivity contribution in [3.8, 4) is 0 Å². The third-order valence-electron chi connectivity index (χ3n) is 1.38. The summed E-state index contributed by atoms with van der Waals surface area (Å²) in [5, 5.41) is 12.4. The normalized spacial score (nSPS) is 14.3. The summed E-state index contributed by atoms with van der Waals surface area (Å²) in [4.78, 5) is 0. The van der Waals surface area contributed by atoms with Crippen molar-refractivity contribution in [2.75, 3.05) is 13.6 Å². The minimum absolute atomic E-state index is 0.235. The summed E-state index contributed by atoms with van der Waals surface area (Å²) in [7, 11) is 1.87. The van der Waals surface area contributed by atoms with Gasteiger partial charge in [0.15, 0.2) is 0 Å². The fraction of sp³-hybridized carbons (Fsp3) is 0.571. The molecule has 0 bridgehead atoms. The zero-order valence-electron chi connectivity index (χ0n) is 7.02. The largest absolute Gasteiger partial charge is 0.358 e. The van der Waals surface area contributed by atoms with Crippen molar-refractivity contribution in [1.29, 1.82) is 5.41 Å². The van der Waals surface area contributed by atoms with E-state index in [-0.39, 0.29) is 6.17 Å². The van der Waals surface area contributed by atoms with Crippen LogP contribution in [0.25, 0.3) is 0 Å². The molecule has 0 fully saturated rings. The molecule has 0 spiro atoms. The molecule has 0 saturated heterocycles. The predicted molar refractivity (Wildman–Crippen MR) is 47.6 cm³/mol. The molecule has 0 radical (unpaired) electrons. The van der Waals surface area contributed by atoms with Crippen molar-refractivity contribution in [2.45, 2.75) is 13.1 Å². The second kappa shape index (κ2) is 5.88. The monoisotopic (exact) mass is 156 g/mol. The number of nitrogens with one attached hydrogen (secondary N) is 3. The van der Waals surface area contributed by atoms with Gasteiger partial charge in [-0.3, -0.25) is 5.41 Å². The van der Waals surface area contributed by atoms with Crippen LogP contribution in [0.5, 0.6) is 0 Å². The van der Waals surface area contributed by atoms with Crippen LogP contribution in [0.3, 0.4) is 0 Å². The van der Waals surface area contributed by atoms with Crippen LogP contribution >= 0.6 is 0 Å². The quantitative estimate of drug-likeness (QED) is 0.190. The highest BCUT2D eigenvalue weighted by Crippen LogP contribution is 1.92. The third-order valence-corrected chi connectivity index (χ3v) is 1.38. The van der Waals surface area contributed by atoms with Crippen LogP contribution in [0.15, 0.2) is 11.6 Å². The highest BCUT2D eigenvalue weighted by Gasteiger charge is 1.98. The Kier molecular flexibility index (Phi) is 5.42. The Bertz CT molecular complexity index is 141. The van der Waals surface area contributed by atoms with Crippen LogP contribution < -0.4 is 16.4 Å². The Morgan fingerprint density at radius 1 is 1.73 bits per heavy atom. The zero-order chi connectivity index (χ0) is 8.69. The van der Waals surface area contributed by atoms with E-state index in [0.29, 0.717) is 0 Å². The topological polar surface area (TPSA) is 73.9 Å². The van der Waals surface area contributed by atoms with E-state index in [1.54, 1.807) is 0 Å². The number of hydrogen-bond donors (Lipinski definition) is 4. The summed E-state index contributed by atoms with van der Waals surface area (Å²) >= 11 is 0. The molecule has 0 amide bonds. The van der Waals surface area contributed by atoms with Gasteiger partial charge in [-0.05, 0) is 19.5 Å². The van der Waals surface area contributed by atoms with Crippen LogP contribution in [-0.4, -0.2) is 26.1 Å². The Hall–Kier alpha value is -0.870. The molecule has 5 N–H and O–H groups in total. The summed E-state index contributed by atoms with van der Waals surface area (Å²) in [5.41, 5.74) is 6.64. The summed E-state index contributed by atoms with van der Waals surface area (Å²) < 4.78 is 0. The summed E-state index contributed by atoms with van der Waals surface area (Å²) in [5.74, 6) is 0. The number of likely N-dealkylation sites (N-methyl/N-ethyl adjacent to an activating group) is 1. The second-order valence-electron chi connectivity index (χ2n) is 2.29. The fourth-order valence-corrected chi connectivity index (χ4v) is 0.611. The van der Waals surface area contributed by atoms with Gasteiger partial charge in [-0.2, -0.15) is 0 Å². The van der Waals surface area contributed by atoms with E-state index >= 15 is 0 Å². The van der Waals surface area contributed by atoms with Gasteiger partial charge in [0.1, 0.15) is 0 Å². The van der Waals surface area contributed by atoms with E-state index in [1.807, 2.05) is 20.0 Å². The van der Waals surface area contributed by atoms with E-state index < -0.39 is 0 Å². The Morgan fingerprint density at radius 2 is 2.36 bits per heavy atom. The summed E-state index contributed by atoms with van der Waals surface area (Å²) in [6.45, 7) is 2.73. The first-order valence-electron chi connectivity index (χ1n) is 3.54. The lowest BCUT2D eigenvalue weighted by atomic mass is 10.2. The third kappa shape index (κ3) is 4.52. The molecular weight excluding hydrogens is 140 g/mol. The average Bonchev–Trinajstić information content (AvgIpc) is 2.00. The predicted octanol–water partition coefficient (Wildman–Crippen LogP) is -0.366. The fourth-order valence-electron chi connectivity index (χ4n) is 0.611. The molecule has 0 aliphatic heterocycles. The Morgan fingerprint density at radius 3 is 2.82 bits per heavy atom. The molecule has 4 heteroatoms. The van der Waals surface area contributed by atoms with Crippen LogP contribution in [0.1, 0.15) is 6.92 Å². The lowest BCUT2D eigenvalue weighted by Crippen LogP contribution is -2.37. The van der Waals surface area contributed by atoms with Gasteiger partial charge in [0.05, 0.1) is 12.5 Å². The maximum absolute atomic E-state index is 6.74. The van der Waals surface area contributed by atoms with Crippen molar-refractivity contribution in [3.05, 3.63) is 11.6 Å². The molecule has 0 heterocycles. The molecule has 0 aliphatic carbocycles. The lowest BCUT2D eigenvalue weighted by molar-refractivity contribution is 0.725. The first-order valence-corrected chi connectivity index (χ1v) is 3.54. The van der Waals surface area contributed by atoms with E-state index in [4.69, 9.17) is 11.1 Å². The van der Waals surface area contributed by atoms with E-state index in [9.17, 15) is 0 Å². The molecule has 0 saturated carbocycles. The molecule has 64 valence electrons. The zero-order valence-corrected chi connectivity index (χ0v) is 7.02. The van der Waals surface area contributed by atoms with Crippen molar-refractivity contribution >= 4 is 6.34 Å². The van der Waals surface area contributed by atoms with Crippen molar-refractivity contribution < 1.29 is 0 Å². The number of rotatable bonds is 5. The molecule has 0 aromatic carbocycles. The average molecular weight is 156 g/mol. The van der Waals surface area contributed by atoms with Crippen molar-refractivity contribution in [1.82, 2.24) is 10.6 Å². The number of hydrogen-bond acceptors (Lipinski definition) is 3. The molecule has 0 aromatic heterocycles. The minimum Gasteiger partial charge on any atom is -0.358 e. The van der Waals surface area contributed by atoms with E-state index in [0.717, 1.165) is 18.5 Å². The molecule has 11 heavy (non-hydrogen) atoms. The van der Waals surface area contributed by atoms with E-state index in [2.05, 4.69) is 10.6 Å². The highest BCUT2D eigenvalue weighted by atomic mass is 15.0. The maximum atomic E-state index is 6.74. The van der Waals surface area contributed by atoms with Gasteiger partial charge in [0, 0.05) is 6.54 Å². The van der Waals surface area contributed by atoms with Gasteiger partial charge in [-0.1, -0.05) is 6.08 Å². The first kappa shape index (κ1) is 10.1. The van der Waals surface area contributed by atoms with E-state index in [1.165, 1.54) is 0 Å². The minimum atomic E-state index is -0.235. The van der Waals surface area contributed by atoms with Crippen LogP contribution in [0.4, 0.5) is 0 Å². The van der Waals surface area contributed by atoms with Gasteiger partial charge < -0.3 is 16.4 Å². The standard InChI is InChI=1S/C7H16N4/c1-6(3-4-10-2)7(9)11-5-8/h3,5,7,10H,4,9H2,1-2H3,(H2,8,11)/b6-3+. The van der Waals surface area contributed by atoms with Crippen LogP contribution in [0.2, 0.25) is 0 Å². The number of nitrogens with two attached hydrogens (primary N) is 1. The Balaban J connectivity index is 3.78. The summed E-state index contributed by atoms with van der Waals surface area (Å²) in [6, 6.07) is 0. The lowest BCUT2D eigenvalue weighted by Gasteiger charge is -2.11. The molecule has 0 aromatic rings. The molecule has 1 atom stereocenters. The molecular formula is C7H16N4. The molecule has 0 rings (SSSR count). The van der Waals surface area contributed by atoms with Gasteiger partial charge in [-0.15, -0.1) is 0 Å². The maximum Gasteiger partial charge on any atom is 0.0970 e.